The molecule has 4 aliphatic carbocycles. The van der Waals surface area contributed by atoms with Gasteiger partial charge in [0.05, 0.1) is 0 Å². The molecule has 0 saturated heterocycles. The van der Waals surface area contributed by atoms with Gasteiger partial charge in [0.15, 0.2) is 0 Å². The van der Waals surface area contributed by atoms with Crippen molar-refractivity contribution in [3.05, 3.63) is 48.6 Å². The van der Waals surface area contributed by atoms with Crippen molar-refractivity contribution < 1.29 is 49.2 Å². The molecule has 0 aliphatic heterocycles. The molecule has 2 N–H and O–H groups in total. The molecule has 0 unspecified atom stereocenters. The van der Waals surface area contributed by atoms with Crippen molar-refractivity contribution in [2.45, 2.75) is 12.8 Å². The molecule has 20 heavy (non-hydrogen) atoms. The molecule has 0 atom stereocenters. The van der Waals surface area contributed by atoms with Gasteiger partial charge >= 0.3 is 0 Å². The molecule has 0 aromatic rings. The minimum atomic E-state index is 0. The van der Waals surface area contributed by atoms with Crippen molar-refractivity contribution in [1.82, 2.24) is 0 Å². The van der Waals surface area contributed by atoms with Crippen LogP contribution >= 0.6 is 0 Å². The number of hydrogen-bond donors (Lipinski definition) is 2. The van der Waals surface area contributed by atoms with E-state index in [2.05, 4.69) is 48.6 Å². The summed E-state index contributed by atoms with van der Waals surface area (Å²) in [4.78, 5) is 0. The molecular weight excluding hydrogens is 430 g/mol. The van der Waals surface area contributed by atoms with Crippen LogP contribution < -0.4 is 0 Å². The monoisotopic (exact) mass is 454 g/mol. The Morgan fingerprint density at radius 1 is 0.500 bits per heavy atom. The van der Waals surface area contributed by atoms with Gasteiger partial charge in [0.1, 0.15) is 0 Å². The van der Waals surface area contributed by atoms with Gasteiger partial charge in [-0.05, 0) is 36.5 Å². The maximum atomic E-state index is 7.00. The van der Waals surface area contributed by atoms with E-state index in [4.69, 9.17) is 10.2 Å². The van der Waals surface area contributed by atoms with E-state index in [0.29, 0.717) is 0 Å². The van der Waals surface area contributed by atoms with Gasteiger partial charge in [-0.2, -0.15) is 0 Å². The Hall–Kier alpha value is 0.127. The van der Waals surface area contributed by atoms with E-state index in [1.165, 1.54) is 12.8 Å². The maximum Gasteiger partial charge on any atom is 0.0319 e. The van der Waals surface area contributed by atoms with Crippen molar-refractivity contribution in [3.63, 3.8) is 0 Å². The molecule has 0 amide bonds. The van der Waals surface area contributed by atoms with Gasteiger partial charge < -0.3 is 10.2 Å². The molecule has 4 bridgehead atoms. The van der Waals surface area contributed by atoms with E-state index >= 15 is 0 Å². The second kappa shape index (κ2) is 12.8. The molecule has 0 heterocycles. The number of fused-ring (bicyclic) bond motifs is 4. The predicted molar refractivity (Wildman–Crippen MR) is 76.0 cm³/mol. The van der Waals surface area contributed by atoms with Crippen LogP contribution in [0.4, 0.5) is 0 Å². The molecule has 4 aliphatic rings. The topological polar surface area (TPSA) is 40.5 Å². The molecular formula is C16H24O2Rh2. The Morgan fingerprint density at radius 3 is 0.700 bits per heavy atom. The van der Waals surface area contributed by atoms with Gasteiger partial charge in [-0.25, -0.2) is 0 Å². The third kappa shape index (κ3) is 6.72. The van der Waals surface area contributed by atoms with E-state index in [-0.39, 0.29) is 39.0 Å². The van der Waals surface area contributed by atoms with Crippen molar-refractivity contribution in [1.29, 1.82) is 0 Å². The van der Waals surface area contributed by atoms with Crippen LogP contribution in [0.3, 0.4) is 0 Å². The zero-order valence-electron chi connectivity index (χ0n) is 11.9. The second-order valence-corrected chi connectivity index (χ2v) is 4.67. The Balaban J connectivity index is 0. The minimum absolute atomic E-state index is 0. The molecule has 0 spiro atoms. The molecule has 0 saturated carbocycles. The average molecular weight is 454 g/mol. The SMILES string of the molecule is C1=CC2C=CC1C2.C1=CC2C=CC1C2.CO.CO.[Rh].[Rh]. The van der Waals surface area contributed by atoms with Crippen LogP contribution in [-0.4, -0.2) is 24.4 Å². The largest absolute Gasteiger partial charge is 0.400 e. The van der Waals surface area contributed by atoms with Crippen LogP contribution in [0.5, 0.6) is 0 Å². The summed E-state index contributed by atoms with van der Waals surface area (Å²) in [5.74, 6) is 3.24. The molecule has 0 aromatic carbocycles. The summed E-state index contributed by atoms with van der Waals surface area (Å²) < 4.78 is 0. The summed E-state index contributed by atoms with van der Waals surface area (Å²) in [6.45, 7) is 0. The normalized spacial score (nSPS) is 31.0. The minimum Gasteiger partial charge on any atom is -0.400 e. The third-order valence-electron chi connectivity index (χ3n) is 3.51. The van der Waals surface area contributed by atoms with E-state index in [1.54, 1.807) is 0 Å². The molecule has 118 valence electrons. The van der Waals surface area contributed by atoms with Crippen LogP contribution in [0.25, 0.3) is 0 Å². The predicted octanol–water partition coefficient (Wildman–Crippen LogP) is 2.71. The van der Waals surface area contributed by atoms with Gasteiger partial charge in [0.25, 0.3) is 0 Å². The first-order valence-corrected chi connectivity index (χ1v) is 6.53. The number of allylic oxidation sites excluding steroid dienone is 8. The Morgan fingerprint density at radius 2 is 0.650 bits per heavy atom. The number of rotatable bonds is 0. The van der Waals surface area contributed by atoms with Gasteiger partial charge in [-0.15, -0.1) is 0 Å². The molecule has 0 fully saturated rings. The quantitative estimate of drug-likeness (QED) is 0.437. The van der Waals surface area contributed by atoms with E-state index in [0.717, 1.165) is 37.9 Å². The number of hydrogen-bond acceptors (Lipinski definition) is 2. The third-order valence-corrected chi connectivity index (χ3v) is 3.51. The van der Waals surface area contributed by atoms with Gasteiger partial charge in [0.2, 0.25) is 0 Å². The summed E-state index contributed by atoms with van der Waals surface area (Å²) >= 11 is 0. The van der Waals surface area contributed by atoms with Gasteiger partial charge in [-0.1, -0.05) is 48.6 Å². The van der Waals surface area contributed by atoms with Crippen LogP contribution in [0, 0.1) is 23.7 Å². The molecule has 4 rings (SSSR count). The van der Waals surface area contributed by atoms with E-state index in [1.807, 2.05) is 0 Å². The van der Waals surface area contributed by atoms with Crippen LogP contribution in [-0.2, 0) is 39.0 Å². The summed E-state index contributed by atoms with van der Waals surface area (Å²) in [5.41, 5.74) is 0. The van der Waals surface area contributed by atoms with Crippen LogP contribution in [0.1, 0.15) is 12.8 Å². The summed E-state index contributed by atoms with van der Waals surface area (Å²) in [5, 5.41) is 14.0. The zero-order valence-corrected chi connectivity index (χ0v) is 15.2. The van der Waals surface area contributed by atoms with E-state index < -0.39 is 0 Å². The summed E-state index contributed by atoms with van der Waals surface area (Å²) in [6, 6.07) is 0. The van der Waals surface area contributed by atoms with Gasteiger partial charge in [0, 0.05) is 53.2 Å². The average Bonchev–Trinajstić information content (AvgIpc) is 3.25. The standard InChI is InChI=1S/2C7H8.2CH4O.2Rh/c2*1-2-7-4-3-6(1)5-7;2*1-2;;/h2*1-4,6-7H,5H2;2*2H,1H3;;. The molecule has 2 nitrogen and oxygen atoms in total. The fraction of sp³-hybridized carbons (Fsp3) is 0.500. The van der Waals surface area contributed by atoms with Crippen molar-refractivity contribution in [2.24, 2.45) is 23.7 Å². The van der Waals surface area contributed by atoms with Crippen molar-refractivity contribution in [2.75, 3.05) is 14.2 Å². The fourth-order valence-corrected chi connectivity index (χ4v) is 2.66. The summed E-state index contributed by atoms with van der Waals surface area (Å²) in [7, 11) is 2.00. The molecule has 0 aromatic heterocycles. The van der Waals surface area contributed by atoms with Crippen LogP contribution in [0.2, 0.25) is 0 Å². The van der Waals surface area contributed by atoms with E-state index in [9.17, 15) is 0 Å². The first-order valence-electron chi connectivity index (χ1n) is 6.53. The second-order valence-electron chi connectivity index (χ2n) is 4.67. The van der Waals surface area contributed by atoms with Gasteiger partial charge in [-0.3, -0.25) is 0 Å². The fourth-order valence-electron chi connectivity index (χ4n) is 2.66. The van der Waals surface area contributed by atoms with Crippen molar-refractivity contribution >= 4 is 0 Å². The first-order chi connectivity index (χ1) is 8.90. The Labute approximate surface area is 148 Å². The maximum absolute atomic E-state index is 7.00. The Bertz CT molecular complexity index is 258. The van der Waals surface area contributed by atoms with Crippen molar-refractivity contribution in [3.8, 4) is 0 Å². The smallest absolute Gasteiger partial charge is 0.0319 e. The first kappa shape index (κ1) is 22.4. The number of aliphatic hydroxyl groups is 2. The molecule has 2 radical (unpaired) electrons. The molecule has 4 heteroatoms. The zero-order chi connectivity index (χ0) is 13.4. The number of aliphatic hydroxyl groups excluding tert-OH is 2. The van der Waals surface area contributed by atoms with Crippen LogP contribution in [0.15, 0.2) is 48.6 Å². The summed E-state index contributed by atoms with van der Waals surface area (Å²) in [6.07, 6.45) is 21.1. The Kier molecular flexibility index (Phi) is 14.4.